The summed E-state index contributed by atoms with van der Waals surface area (Å²) < 4.78 is 34.2. The molecule has 1 fully saturated rings. The lowest BCUT2D eigenvalue weighted by Crippen LogP contribution is -2.32. The Bertz CT molecular complexity index is 787. The summed E-state index contributed by atoms with van der Waals surface area (Å²) in [4.78, 5) is 4.48. The Kier molecular flexibility index (Phi) is 4.65. The van der Waals surface area contributed by atoms with Crippen LogP contribution in [0.25, 0.3) is 11.0 Å². The van der Waals surface area contributed by atoms with Crippen molar-refractivity contribution in [3.8, 4) is 0 Å². The zero-order valence-corrected chi connectivity index (χ0v) is 14.3. The molecular formula is C15H22N4O3S. The van der Waals surface area contributed by atoms with Crippen LogP contribution in [-0.2, 0) is 21.8 Å². The molecule has 2 aromatic heterocycles. The molecule has 1 aliphatic rings. The quantitative estimate of drug-likeness (QED) is 0.842. The highest BCUT2D eigenvalue weighted by molar-refractivity contribution is 7.89. The number of sulfonamides is 1. The van der Waals surface area contributed by atoms with E-state index in [0.717, 1.165) is 24.6 Å². The molecule has 3 rings (SSSR count). The molecule has 23 heavy (non-hydrogen) atoms. The standard InChI is InChI=1S/C15H22N4O3S/c1-18-15-13(9-17-18)8-14(10-16-15)23(20,21)19-6-3-4-12(5-7-19)11-22-2/h8-10,12H,3-7,11H2,1-2H3/t12-/m0/s1. The molecule has 7 nitrogen and oxygen atoms in total. The molecule has 0 aromatic carbocycles. The fourth-order valence-electron chi connectivity index (χ4n) is 3.10. The van der Waals surface area contributed by atoms with Crippen molar-refractivity contribution in [2.75, 3.05) is 26.8 Å². The predicted molar refractivity (Wildman–Crippen MR) is 86.5 cm³/mol. The van der Waals surface area contributed by atoms with E-state index in [1.54, 1.807) is 35.4 Å². The third kappa shape index (κ3) is 3.24. The smallest absolute Gasteiger partial charge is 0.244 e. The molecule has 0 N–H and O–H groups in total. The van der Waals surface area contributed by atoms with Gasteiger partial charge in [-0.2, -0.15) is 9.40 Å². The highest BCUT2D eigenvalue weighted by Crippen LogP contribution is 2.24. The number of hydrogen-bond donors (Lipinski definition) is 0. The van der Waals surface area contributed by atoms with Gasteiger partial charge in [0.1, 0.15) is 4.90 Å². The second-order valence-corrected chi connectivity index (χ2v) is 7.95. The number of methoxy groups -OCH3 is 1. The van der Waals surface area contributed by atoms with Crippen LogP contribution >= 0.6 is 0 Å². The van der Waals surface area contributed by atoms with Gasteiger partial charge in [0, 0.05) is 45.4 Å². The lowest BCUT2D eigenvalue weighted by molar-refractivity contribution is 0.145. The Labute approximate surface area is 136 Å². The van der Waals surface area contributed by atoms with Gasteiger partial charge in [0.25, 0.3) is 0 Å². The van der Waals surface area contributed by atoms with Crippen LogP contribution < -0.4 is 0 Å². The van der Waals surface area contributed by atoms with E-state index in [-0.39, 0.29) is 4.90 Å². The monoisotopic (exact) mass is 338 g/mol. The summed E-state index contributed by atoms with van der Waals surface area (Å²) in [6.45, 7) is 1.77. The van der Waals surface area contributed by atoms with Crippen LogP contribution in [0.2, 0.25) is 0 Å². The fraction of sp³-hybridized carbons (Fsp3) is 0.600. The molecule has 2 aromatic rings. The van der Waals surface area contributed by atoms with Gasteiger partial charge in [-0.3, -0.25) is 4.68 Å². The van der Waals surface area contributed by atoms with E-state index in [4.69, 9.17) is 4.74 Å². The highest BCUT2D eigenvalue weighted by Gasteiger charge is 2.28. The van der Waals surface area contributed by atoms with Crippen LogP contribution in [-0.4, -0.2) is 54.3 Å². The van der Waals surface area contributed by atoms with E-state index in [2.05, 4.69) is 10.1 Å². The fourth-order valence-corrected chi connectivity index (χ4v) is 4.57. The SMILES string of the molecule is COC[C@H]1CCCN(S(=O)(=O)c2cnc3c(cnn3C)c2)CC1. The minimum absolute atomic E-state index is 0.239. The van der Waals surface area contributed by atoms with Crippen LogP contribution in [0, 0.1) is 5.92 Å². The van der Waals surface area contributed by atoms with Crippen molar-refractivity contribution in [1.29, 1.82) is 0 Å². The molecule has 8 heteroatoms. The van der Waals surface area contributed by atoms with Crippen molar-refractivity contribution in [2.45, 2.75) is 24.2 Å². The Morgan fingerprint density at radius 1 is 1.30 bits per heavy atom. The Morgan fingerprint density at radius 2 is 2.13 bits per heavy atom. The Morgan fingerprint density at radius 3 is 2.91 bits per heavy atom. The van der Waals surface area contributed by atoms with E-state index in [1.165, 1.54) is 6.20 Å². The number of aromatic nitrogens is 3. The average molecular weight is 338 g/mol. The highest BCUT2D eigenvalue weighted by atomic mass is 32.2. The zero-order valence-electron chi connectivity index (χ0n) is 13.5. The third-order valence-electron chi connectivity index (χ3n) is 4.39. The van der Waals surface area contributed by atoms with Gasteiger partial charge in [0.05, 0.1) is 6.20 Å². The Balaban J connectivity index is 1.84. The average Bonchev–Trinajstić information content (AvgIpc) is 2.75. The molecule has 0 radical (unpaired) electrons. The van der Waals surface area contributed by atoms with E-state index in [1.807, 2.05) is 0 Å². The molecule has 0 saturated carbocycles. The first kappa shape index (κ1) is 16.4. The van der Waals surface area contributed by atoms with Gasteiger partial charge in [-0.1, -0.05) is 0 Å². The van der Waals surface area contributed by atoms with Crippen LogP contribution in [0.15, 0.2) is 23.4 Å². The van der Waals surface area contributed by atoms with Gasteiger partial charge in [0.2, 0.25) is 10.0 Å². The van der Waals surface area contributed by atoms with E-state index < -0.39 is 10.0 Å². The third-order valence-corrected chi connectivity index (χ3v) is 6.26. The van der Waals surface area contributed by atoms with Crippen molar-refractivity contribution >= 4 is 21.1 Å². The second-order valence-electron chi connectivity index (χ2n) is 6.01. The number of fused-ring (bicyclic) bond motifs is 1. The summed E-state index contributed by atoms with van der Waals surface area (Å²) in [6, 6.07) is 1.65. The van der Waals surface area contributed by atoms with Crippen molar-refractivity contribution in [3.05, 3.63) is 18.5 Å². The van der Waals surface area contributed by atoms with E-state index >= 15 is 0 Å². The van der Waals surface area contributed by atoms with Gasteiger partial charge in [-0.05, 0) is 31.2 Å². The number of pyridine rings is 1. The molecule has 0 aliphatic carbocycles. The van der Waals surface area contributed by atoms with Gasteiger partial charge in [-0.25, -0.2) is 13.4 Å². The largest absolute Gasteiger partial charge is 0.384 e. The topological polar surface area (TPSA) is 77.3 Å². The number of aryl methyl sites for hydroxylation is 1. The van der Waals surface area contributed by atoms with Gasteiger partial charge in [0.15, 0.2) is 5.65 Å². The lowest BCUT2D eigenvalue weighted by Gasteiger charge is -2.20. The number of rotatable bonds is 4. The van der Waals surface area contributed by atoms with E-state index in [9.17, 15) is 8.42 Å². The molecule has 1 saturated heterocycles. The molecule has 126 valence electrons. The first-order valence-electron chi connectivity index (χ1n) is 7.79. The summed E-state index contributed by atoms with van der Waals surface area (Å²) >= 11 is 0. The molecule has 0 unspecified atom stereocenters. The van der Waals surface area contributed by atoms with E-state index in [0.29, 0.717) is 31.3 Å². The summed E-state index contributed by atoms with van der Waals surface area (Å²) in [7, 11) is -0.0383. The van der Waals surface area contributed by atoms with Crippen molar-refractivity contribution in [3.63, 3.8) is 0 Å². The van der Waals surface area contributed by atoms with Crippen molar-refractivity contribution < 1.29 is 13.2 Å². The maximum Gasteiger partial charge on any atom is 0.244 e. The lowest BCUT2D eigenvalue weighted by atomic mass is 10.0. The maximum atomic E-state index is 12.9. The van der Waals surface area contributed by atoms with Gasteiger partial charge >= 0.3 is 0 Å². The van der Waals surface area contributed by atoms with Gasteiger partial charge < -0.3 is 4.74 Å². The van der Waals surface area contributed by atoms with Gasteiger partial charge in [-0.15, -0.1) is 0 Å². The summed E-state index contributed by atoms with van der Waals surface area (Å²) in [5.74, 6) is 0.430. The zero-order chi connectivity index (χ0) is 16.4. The molecular weight excluding hydrogens is 316 g/mol. The molecule has 3 heterocycles. The summed E-state index contributed by atoms with van der Waals surface area (Å²) in [5, 5.41) is 4.85. The second kappa shape index (κ2) is 6.54. The molecule has 1 atom stereocenters. The molecule has 0 bridgehead atoms. The van der Waals surface area contributed by atoms with Crippen LogP contribution in [0.3, 0.4) is 0 Å². The number of ether oxygens (including phenoxy) is 1. The van der Waals surface area contributed by atoms with Crippen molar-refractivity contribution in [1.82, 2.24) is 19.1 Å². The summed E-state index contributed by atoms with van der Waals surface area (Å²) in [6.07, 6.45) is 5.75. The molecule has 1 aliphatic heterocycles. The normalized spacial score (nSPS) is 20.7. The van der Waals surface area contributed by atoms with Crippen LogP contribution in [0.5, 0.6) is 0 Å². The van der Waals surface area contributed by atoms with Crippen LogP contribution in [0.4, 0.5) is 0 Å². The number of hydrogen-bond acceptors (Lipinski definition) is 5. The first-order valence-corrected chi connectivity index (χ1v) is 9.23. The Hall–Kier alpha value is -1.51. The minimum Gasteiger partial charge on any atom is -0.384 e. The van der Waals surface area contributed by atoms with Crippen molar-refractivity contribution in [2.24, 2.45) is 13.0 Å². The predicted octanol–water partition coefficient (Wildman–Crippen LogP) is 1.41. The molecule has 0 spiro atoms. The first-order chi connectivity index (χ1) is 11.0. The summed E-state index contributed by atoms with van der Waals surface area (Å²) in [5.41, 5.74) is 0.681. The number of nitrogens with zero attached hydrogens (tertiary/aromatic N) is 4. The minimum atomic E-state index is -3.51. The van der Waals surface area contributed by atoms with Crippen LogP contribution in [0.1, 0.15) is 19.3 Å². The molecule has 0 amide bonds. The maximum absolute atomic E-state index is 12.9.